The van der Waals surface area contributed by atoms with Crippen LogP contribution in [0.1, 0.15) is 25.8 Å². The van der Waals surface area contributed by atoms with E-state index >= 15 is 0 Å². The molecule has 1 rings (SSSR count). The van der Waals surface area contributed by atoms with Gasteiger partial charge in [-0.3, -0.25) is 4.79 Å². The van der Waals surface area contributed by atoms with Gasteiger partial charge in [0.05, 0.1) is 12.6 Å². The molecule has 0 unspecified atom stereocenters. The summed E-state index contributed by atoms with van der Waals surface area (Å²) in [6.07, 6.45) is 1.74. The van der Waals surface area contributed by atoms with E-state index in [1.807, 2.05) is 26.2 Å². The highest BCUT2D eigenvalue weighted by Crippen LogP contribution is 2.19. The van der Waals surface area contributed by atoms with E-state index in [1.54, 1.807) is 29.5 Å². The summed E-state index contributed by atoms with van der Waals surface area (Å²) in [6, 6.07) is -0.475. The van der Waals surface area contributed by atoms with Crippen molar-refractivity contribution >= 4 is 42.1 Å². The summed E-state index contributed by atoms with van der Waals surface area (Å²) >= 11 is 1.54. The Hall–Kier alpha value is -0.360. The Morgan fingerprint density at radius 1 is 1.50 bits per heavy atom. The van der Waals surface area contributed by atoms with Crippen molar-refractivity contribution in [1.29, 1.82) is 0 Å². The summed E-state index contributed by atoms with van der Waals surface area (Å²) in [5.41, 5.74) is 5.70. The van der Waals surface area contributed by atoms with Gasteiger partial charge in [-0.05, 0) is 5.41 Å². The SMILES string of the molecule is CN(Cc1nccs1)C(=O)[C@@H](N)C(C)(C)C.Cl.Cl. The normalized spacial score (nSPS) is 12.1. The monoisotopic (exact) mass is 313 g/mol. The molecule has 0 aliphatic carbocycles. The van der Waals surface area contributed by atoms with Crippen LogP contribution in [0.3, 0.4) is 0 Å². The molecule has 0 saturated carbocycles. The molecule has 106 valence electrons. The van der Waals surface area contributed by atoms with E-state index in [2.05, 4.69) is 4.98 Å². The van der Waals surface area contributed by atoms with Gasteiger partial charge in [0.15, 0.2) is 0 Å². The van der Waals surface area contributed by atoms with Crippen molar-refractivity contribution in [2.75, 3.05) is 7.05 Å². The van der Waals surface area contributed by atoms with E-state index in [1.165, 1.54) is 0 Å². The second-order valence-corrected chi connectivity index (χ2v) is 5.94. The Bertz CT molecular complexity index is 352. The van der Waals surface area contributed by atoms with Crippen LogP contribution < -0.4 is 5.73 Å². The zero-order valence-electron chi connectivity index (χ0n) is 11.0. The van der Waals surface area contributed by atoms with Crippen molar-refractivity contribution in [2.24, 2.45) is 11.1 Å². The fourth-order valence-electron chi connectivity index (χ4n) is 1.22. The van der Waals surface area contributed by atoms with Crippen LogP contribution in [0.4, 0.5) is 0 Å². The smallest absolute Gasteiger partial charge is 0.240 e. The molecule has 0 spiro atoms. The second kappa shape index (κ2) is 7.94. The lowest BCUT2D eigenvalue weighted by Crippen LogP contribution is -2.48. The maximum Gasteiger partial charge on any atom is 0.240 e. The molecule has 1 amide bonds. The van der Waals surface area contributed by atoms with Gasteiger partial charge < -0.3 is 10.6 Å². The largest absolute Gasteiger partial charge is 0.338 e. The van der Waals surface area contributed by atoms with E-state index in [-0.39, 0.29) is 36.1 Å². The lowest BCUT2D eigenvalue weighted by molar-refractivity contribution is -0.134. The lowest BCUT2D eigenvalue weighted by Gasteiger charge is -2.29. The number of amides is 1. The number of hydrogen-bond acceptors (Lipinski definition) is 4. The van der Waals surface area contributed by atoms with Crippen LogP contribution in [-0.4, -0.2) is 28.9 Å². The molecule has 1 heterocycles. The van der Waals surface area contributed by atoms with E-state index in [0.717, 1.165) is 5.01 Å². The maximum absolute atomic E-state index is 12.0. The Morgan fingerprint density at radius 3 is 2.44 bits per heavy atom. The third-order valence-corrected chi connectivity index (χ3v) is 3.20. The van der Waals surface area contributed by atoms with Crippen LogP contribution in [0.25, 0.3) is 0 Å². The molecule has 0 aliphatic rings. The molecule has 0 bridgehead atoms. The van der Waals surface area contributed by atoms with Crippen LogP contribution in [0.2, 0.25) is 0 Å². The minimum atomic E-state index is -0.475. The van der Waals surface area contributed by atoms with Crippen LogP contribution in [0.15, 0.2) is 11.6 Å². The summed E-state index contributed by atoms with van der Waals surface area (Å²) in [7, 11) is 1.76. The third-order valence-electron chi connectivity index (χ3n) is 2.43. The lowest BCUT2D eigenvalue weighted by atomic mass is 9.86. The van der Waals surface area contributed by atoms with Gasteiger partial charge in [-0.25, -0.2) is 4.98 Å². The quantitative estimate of drug-likeness (QED) is 0.931. The highest BCUT2D eigenvalue weighted by molar-refractivity contribution is 7.09. The first kappa shape index (κ1) is 20.0. The summed E-state index contributed by atoms with van der Waals surface area (Å²) in [5.74, 6) is -0.0392. The van der Waals surface area contributed by atoms with Crippen LogP contribution >= 0.6 is 36.2 Å². The first-order valence-corrected chi connectivity index (χ1v) is 6.09. The van der Waals surface area contributed by atoms with Crippen LogP contribution in [-0.2, 0) is 11.3 Å². The maximum atomic E-state index is 12.0. The molecule has 2 N–H and O–H groups in total. The van der Waals surface area contributed by atoms with E-state index in [9.17, 15) is 4.79 Å². The molecular formula is C11H21Cl2N3OS. The number of aromatic nitrogens is 1. The standard InChI is InChI=1S/C11H19N3OS.2ClH/c1-11(2,3)9(12)10(15)14(4)7-8-13-5-6-16-8;;/h5-6,9H,7,12H2,1-4H3;2*1H/t9-;;/m1../s1. The number of likely N-dealkylation sites (N-methyl/N-ethyl adjacent to an activating group) is 1. The minimum absolute atomic E-state index is 0. The first-order valence-electron chi connectivity index (χ1n) is 5.21. The molecule has 0 aromatic carbocycles. The Labute approximate surface area is 125 Å². The Balaban J connectivity index is 0. The third kappa shape index (κ3) is 5.52. The molecule has 0 aliphatic heterocycles. The van der Waals surface area contributed by atoms with Crippen molar-refractivity contribution in [2.45, 2.75) is 33.4 Å². The minimum Gasteiger partial charge on any atom is -0.338 e. The van der Waals surface area contributed by atoms with Crippen LogP contribution in [0.5, 0.6) is 0 Å². The number of nitrogens with two attached hydrogens (primary N) is 1. The molecular weight excluding hydrogens is 293 g/mol. The fraction of sp³-hybridized carbons (Fsp3) is 0.636. The predicted molar refractivity (Wildman–Crippen MR) is 80.5 cm³/mol. The summed E-state index contributed by atoms with van der Waals surface area (Å²) in [4.78, 5) is 17.8. The van der Waals surface area contributed by atoms with Gasteiger partial charge in [0.25, 0.3) is 0 Å². The molecule has 0 radical (unpaired) electrons. The number of carbonyl (C=O) groups is 1. The molecule has 0 saturated heterocycles. The number of nitrogens with zero attached hydrogens (tertiary/aromatic N) is 2. The summed E-state index contributed by atoms with van der Waals surface area (Å²) in [6.45, 7) is 6.42. The van der Waals surface area contributed by atoms with Crippen molar-refractivity contribution in [3.8, 4) is 0 Å². The molecule has 1 aromatic rings. The first-order chi connectivity index (χ1) is 7.32. The molecule has 1 atom stereocenters. The van der Waals surface area contributed by atoms with E-state index in [0.29, 0.717) is 6.54 Å². The van der Waals surface area contributed by atoms with Gasteiger partial charge in [0, 0.05) is 18.6 Å². The van der Waals surface area contributed by atoms with Gasteiger partial charge in [-0.1, -0.05) is 20.8 Å². The zero-order valence-corrected chi connectivity index (χ0v) is 13.5. The molecule has 0 fully saturated rings. The summed E-state index contributed by atoms with van der Waals surface area (Å²) in [5, 5.41) is 2.83. The van der Waals surface area contributed by atoms with Crippen molar-refractivity contribution < 1.29 is 4.79 Å². The van der Waals surface area contributed by atoms with Gasteiger partial charge in [0.2, 0.25) is 5.91 Å². The fourth-order valence-corrected chi connectivity index (χ4v) is 1.89. The van der Waals surface area contributed by atoms with Crippen molar-refractivity contribution in [3.05, 3.63) is 16.6 Å². The predicted octanol–water partition coefficient (Wildman–Crippen LogP) is 2.32. The Morgan fingerprint density at radius 2 is 2.06 bits per heavy atom. The van der Waals surface area contributed by atoms with Crippen molar-refractivity contribution in [1.82, 2.24) is 9.88 Å². The topological polar surface area (TPSA) is 59.2 Å². The molecule has 1 aromatic heterocycles. The van der Waals surface area contributed by atoms with Gasteiger partial charge in [-0.2, -0.15) is 0 Å². The van der Waals surface area contributed by atoms with Gasteiger partial charge in [-0.15, -0.1) is 36.2 Å². The number of rotatable bonds is 3. The van der Waals surface area contributed by atoms with Crippen LogP contribution in [0, 0.1) is 5.41 Å². The number of thiazole rings is 1. The van der Waals surface area contributed by atoms with E-state index < -0.39 is 6.04 Å². The van der Waals surface area contributed by atoms with Crippen molar-refractivity contribution in [3.63, 3.8) is 0 Å². The highest BCUT2D eigenvalue weighted by Gasteiger charge is 2.29. The average Bonchev–Trinajstić information content (AvgIpc) is 2.66. The van der Waals surface area contributed by atoms with Gasteiger partial charge in [0.1, 0.15) is 5.01 Å². The molecule has 4 nitrogen and oxygen atoms in total. The Kier molecular flexibility index (Phi) is 8.81. The number of halogens is 2. The van der Waals surface area contributed by atoms with Gasteiger partial charge >= 0.3 is 0 Å². The number of carbonyl (C=O) groups excluding carboxylic acids is 1. The molecule has 7 heteroatoms. The molecule has 18 heavy (non-hydrogen) atoms. The van der Waals surface area contributed by atoms with E-state index in [4.69, 9.17) is 5.73 Å². The number of hydrogen-bond donors (Lipinski definition) is 1. The second-order valence-electron chi connectivity index (χ2n) is 4.96. The summed E-state index contributed by atoms with van der Waals surface area (Å²) < 4.78 is 0. The highest BCUT2D eigenvalue weighted by atomic mass is 35.5. The zero-order chi connectivity index (χ0) is 12.3. The average molecular weight is 314 g/mol.